The van der Waals surface area contributed by atoms with Gasteiger partial charge in [-0.05, 0) is 31.5 Å². The van der Waals surface area contributed by atoms with Crippen molar-refractivity contribution < 1.29 is 5.11 Å². The molecule has 0 radical (unpaired) electrons. The third kappa shape index (κ3) is 4.06. The third-order valence-electron chi connectivity index (χ3n) is 2.20. The number of benzene rings is 1. The van der Waals surface area contributed by atoms with Crippen LogP contribution in [-0.2, 0) is 6.54 Å². The van der Waals surface area contributed by atoms with E-state index in [0.717, 1.165) is 16.5 Å². The minimum atomic E-state index is 0.330. The van der Waals surface area contributed by atoms with Gasteiger partial charge in [-0.1, -0.05) is 22.0 Å². The molecule has 0 aliphatic heterocycles. The van der Waals surface area contributed by atoms with Gasteiger partial charge in [0.2, 0.25) is 0 Å². The average Bonchev–Trinajstić information content (AvgIpc) is 2.20. The van der Waals surface area contributed by atoms with Crippen LogP contribution in [0.15, 0.2) is 35.3 Å². The average molecular weight is 270 g/mol. The van der Waals surface area contributed by atoms with Crippen LogP contribution >= 0.6 is 15.9 Å². The summed E-state index contributed by atoms with van der Waals surface area (Å²) in [4.78, 5) is 0. The van der Waals surface area contributed by atoms with Crippen LogP contribution in [0.5, 0.6) is 5.75 Å². The number of rotatable bonds is 5. The molecule has 1 aromatic rings. The highest BCUT2D eigenvalue weighted by atomic mass is 79.9. The van der Waals surface area contributed by atoms with Crippen LogP contribution in [0.25, 0.3) is 0 Å². The van der Waals surface area contributed by atoms with Gasteiger partial charge in [0.15, 0.2) is 0 Å². The molecule has 0 bridgehead atoms. The molecule has 0 fully saturated rings. The van der Waals surface area contributed by atoms with Crippen LogP contribution in [0.2, 0.25) is 0 Å². The Kier molecular flexibility index (Phi) is 4.85. The molecule has 0 spiro atoms. The Morgan fingerprint density at radius 2 is 2.33 bits per heavy atom. The van der Waals surface area contributed by atoms with E-state index in [1.807, 2.05) is 18.2 Å². The summed E-state index contributed by atoms with van der Waals surface area (Å²) in [5.74, 6) is 0.330. The number of hydrogen-bond donors (Lipinski definition) is 2. The zero-order chi connectivity index (χ0) is 11.3. The Morgan fingerprint density at radius 1 is 1.60 bits per heavy atom. The van der Waals surface area contributed by atoms with Crippen molar-refractivity contribution >= 4 is 15.9 Å². The molecule has 0 aromatic heterocycles. The first-order valence-electron chi connectivity index (χ1n) is 4.95. The van der Waals surface area contributed by atoms with Crippen LogP contribution < -0.4 is 5.32 Å². The van der Waals surface area contributed by atoms with Crippen molar-refractivity contribution in [3.05, 3.63) is 40.9 Å². The highest BCUT2D eigenvalue weighted by Gasteiger charge is 2.03. The van der Waals surface area contributed by atoms with Crippen LogP contribution in [0, 0.1) is 0 Å². The predicted octanol–water partition coefficient (Wildman–Crippen LogP) is 3.21. The first kappa shape index (κ1) is 12.3. The van der Waals surface area contributed by atoms with Gasteiger partial charge >= 0.3 is 0 Å². The van der Waals surface area contributed by atoms with E-state index in [1.54, 1.807) is 6.07 Å². The smallest absolute Gasteiger partial charge is 0.120 e. The summed E-state index contributed by atoms with van der Waals surface area (Å²) in [5.41, 5.74) is 0.903. The highest BCUT2D eigenvalue weighted by Crippen LogP contribution is 2.21. The molecule has 3 heteroatoms. The van der Waals surface area contributed by atoms with Crippen molar-refractivity contribution in [3.8, 4) is 5.75 Å². The van der Waals surface area contributed by atoms with Gasteiger partial charge in [-0.15, -0.1) is 6.58 Å². The lowest BCUT2D eigenvalue weighted by atomic mass is 10.1. The van der Waals surface area contributed by atoms with Crippen molar-refractivity contribution in [1.29, 1.82) is 0 Å². The predicted molar refractivity (Wildman–Crippen MR) is 66.9 cm³/mol. The molecule has 0 saturated heterocycles. The summed E-state index contributed by atoms with van der Waals surface area (Å²) in [6, 6.07) is 5.81. The molecule has 0 aliphatic rings. The molecule has 1 aromatic carbocycles. The maximum atomic E-state index is 9.60. The molecule has 0 heterocycles. The first-order chi connectivity index (χ1) is 7.13. The lowest BCUT2D eigenvalue weighted by Crippen LogP contribution is -2.24. The molecule has 2 nitrogen and oxygen atoms in total. The number of phenolic OH excluding ortho intramolecular Hbond substituents is 1. The minimum Gasteiger partial charge on any atom is -0.508 e. The van der Waals surface area contributed by atoms with Gasteiger partial charge < -0.3 is 10.4 Å². The lowest BCUT2D eigenvalue weighted by Gasteiger charge is -2.12. The summed E-state index contributed by atoms with van der Waals surface area (Å²) in [6.07, 6.45) is 2.81. The number of phenols is 1. The third-order valence-corrected chi connectivity index (χ3v) is 2.70. The van der Waals surface area contributed by atoms with Crippen LogP contribution in [-0.4, -0.2) is 11.1 Å². The Hall–Kier alpha value is -0.800. The van der Waals surface area contributed by atoms with Gasteiger partial charge in [0.1, 0.15) is 5.75 Å². The summed E-state index contributed by atoms with van der Waals surface area (Å²) >= 11 is 3.38. The fourth-order valence-corrected chi connectivity index (χ4v) is 1.72. The zero-order valence-corrected chi connectivity index (χ0v) is 10.4. The van der Waals surface area contributed by atoms with Crippen molar-refractivity contribution in [3.63, 3.8) is 0 Å². The maximum absolute atomic E-state index is 9.60. The second-order valence-corrected chi connectivity index (χ2v) is 4.50. The summed E-state index contributed by atoms with van der Waals surface area (Å²) in [6.45, 7) is 6.45. The fourth-order valence-electron chi connectivity index (χ4n) is 1.31. The second kappa shape index (κ2) is 5.93. The summed E-state index contributed by atoms with van der Waals surface area (Å²) < 4.78 is 0.980. The monoisotopic (exact) mass is 269 g/mol. The van der Waals surface area contributed by atoms with E-state index in [9.17, 15) is 5.11 Å². The number of halogens is 1. The quantitative estimate of drug-likeness (QED) is 0.805. The SMILES string of the molecule is C=CCC(C)NCc1cc(Br)ccc1O. The topological polar surface area (TPSA) is 32.3 Å². The Labute approximate surface area is 99.1 Å². The highest BCUT2D eigenvalue weighted by molar-refractivity contribution is 9.10. The summed E-state index contributed by atoms with van der Waals surface area (Å²) in [5, 5.41) is 12.9. The Balaban J connectivity index is 2.56. The molecular formula is C12H16BrNO. The van der Waals surface area contributed by atoms with E-state index in [-0.39, 0.29) is 0 Å². The Morgan fingerprint density at radius 3 is 3.00 bits per heavy atom. The van der Waals surface area contributed by atoms with E-state index in [2.05, 4.69) is 34.7 Å². The van der Waals surface area contributed by atoms with Gasteiger partial charge in [0.25, 0.3) is 0 Å². The lowest BCUT2D eigenvalue weighted by molar-refractivity contribution is 0.459. The minimum absolute atomic E-state index is 0.330. The molecular weight excluding hydrogens is 254 g/mol. The molecule has 1 unspecified atom stereocenters. The van der Waals surface area contributed by atoms with Crippen molar-refractivity contribution in [2.75, 3.05) is 0 Å². The normalized spacial score (nSPS) is 12.4. The van der Waals surface area contributed by atoms with Gasteiger partial charge in [0.05, 0.1) is 0 Å². The van der Waals surface area contributed by atoms with Crippen LogP contribution in [0.3, 0.4) is 0 Å². The molecule has 0 saturated carbocycles. The van der Waals surface area contributed by atoms with E-state index in [4.69, 9.17) is 0 Å². The van der Waals surface area contributed by atoms with E-state index in [0.29, 0.717) is 18.3 Å². The molecule has 0 aliphatic carbocycles. The maximum Gasteiger partial charge on any atom is 0.120 e. The van der Waals surface area contributed by atoms with E-state index >= 15 is 0 Å². The molecule has 15 heavy (non-hydrogen) atoms. The van der Waals surface area contributed by atoms with E-state index in [1.165, 1.54) is 0 Å². The van der Waals surface area contributed by atoms with Gasteiger partial charge in [-0.3, -0.25) is 0 Å². The van der Waals surface area contributed by atoms with Crippen LogP contribution in [0.4, 0.5) is 0 Å². The van der Waals surface area contributed by atoms with Crippen molar-refractivity contribution in [2.45, 2.75) is 25.9 Å². The molecule has 1 rings (SSSR count). The first-order valence-corrected chi connectivity index (χ1v) is 5.74. The number of nitrogens with one attached hydrogen (secondary N) is 1. The molecule has 82 valence electrons. The zero-order valence-electron chi connectivity index (χ0n) is 8.83. The number of hydrogen-bond acceptors (Lipinski definition) is 2. The fraction of sp³-hybridized carbons (Fsp3) is 0.333. The summed E-state index contributed by atoms with van der Waals surface area (Å²) in [7, 11) is 0. The van der Waals surface area contributed by atoms with Crippen molar-refractivity contribution in [2.24, 2.45) is 0 Å². The van der Waals surface area contributed by atoms with Crippen molar-refractivity contribution in [1.82, 2.24) is 5.32 Å². The standard InChI is InChI=1S/C12H16BrNO/c1-3-4-9(2)14-8-10-7-11(13)5-6-12(10)15/h3,5-7,9,14-15H,1,4,8H2,2H3. The molecule has 0 amide bonds. The molecule has 2 N–H and O–H groups in total. The second-order valence-electron chi connectivity index (χ2n) is 3.58. The van der Waals surface area contributed by atoms with Crippen LogP contribution in [0.1, 0.15) is 18.9 Å². The molecule has 1 atom stereocenters. The number of aromatic hydroxyl groups is 1. The largest absolute Gasteiger partial charge is 0.508 e. The van der Waals surface area contributed by atoms with Gasteiger partial charge in [0, 0.05) is 22.6 Å². The Bertz CT molecular complexity index is 338. The van der Waals surface area contributed by atoms with Gasteiger partial charge in [-0.25, -0.2) is 0 Å². The van der Waals surface area contributed by atoms with Gasteiger partial charge in [-0.2, -0.15) is 0 Å². The van der Waals surface area contributed by atoms with E-state index < -0.39 is 0 Å².